The molecule has 0 aliphatic rings. The predicted molar refractivity (Wildman–Crippen MR) is 69.0 cm³/mol. The van der Waals surface area contributed by atoms with E-state index in [0.29, 0.717) is 18.2 Å². The first-order valence-corrected chi connectivity index (χ1v) is 5.82. The molecular weight excluding hydrogens is 234 g/mol. The molecule has 1 rings (SSSR count). The lowest BCUT2D eigenvalue weighted by Crippen LogP contribution is -2.32. The second-order valence-corrected chi connectivity index (χ2v) is 3.97. The summed E-state index contributed by atoms with van der Waals surface area (Å²) in [5.74, 6) is 0.944. The Hall–Kier alpha value is -1.89. The van der Waals surface area contributed by atoms with Gasteiger partial charge in [-0.1, -0.05) is 0 Å². The fourth-order valence-corrected chi connectivity index (χ4v) is 1.42. The van der Waals surface area contributed by atoms with E-state index in [2.05, 4.69) is 21.0 Å². The summed E-state index contributed by atoms with van der Waals surface area (Å²) in [7, 11) is 0. The van der Waals surface area contributed by atoms with Crippen molar-refractivity contribution in [1.29, 1.82) is 0 Å². The Kier molecular flexibility index (Phi) is 5.31. The Labute approximate surface area is 106 Å². The van der Waals surface area contributed by atoms with Crippen molar-refractivity contribution in [2.45, 2.75) is 26.9 Å². The SMILES string of the molecule is CCN(CC(C)O)c1ccc(NNC(C)=O)nn1. The summed E-state index contributed by atoms with van der Waals surface area (Å²) in [4.78, 5) is 12.6. The third-order valence-corrected chi connectivity index (χ3v) is 2.21. The minimum atomic E-state index is -0.427. The fraction of sp³-hybridized carbons (Fsp3) is 0.545. The zero-order valence-electron chi connectivity index (χ0n) is 10.8. The van der Waals surface area contributed by atoms with E-state index in [9.17, 15) is 9.90 Å². The van der Waals surface area contributed by atoms with Crippen LogP contribution in [0.3, 0.4) is 0 Å². The highest BCUT2D eigenvalue weighted by molar-refractivity contribution is 5.74. The standard InChI is InChI=1S/C11H19N5O2/c1-4-16(7-8(2)17)11-6-5-10(14-15-11)13-12-9(3)18/h5-6,8,17H,4,7H2,1-3H3,(H,12,18)(H,13,14). The summed E-state index contributed by atoms with van der Waals surface area (Å²) in [6.45, 7) is 6.34. The normalized spacial score (nSPS) is 11.8. The highest BCUT2D eigenvalue weighted by Crippen LogP contribution is 2.11. The molecule has 1 heterocycles. The van der Waals surface area contributed by atoms with E-state index in [4.69, 9.17) is 0 Å². The number of aliphatic hydroxyl groups excluding tert-OH is 1. The smallest absolute Gasteiger partial charge is 0.235 e. The van der Waals surface area contributed by atoms with Crippen molar-refractivity contribution >= 4 is 17.5 Å². The molecule has 0 fully saturated rings. The molecule has 1 aromatic rings. The number of carbonyl (C=O) groups is 1. The lowest BCUT2D eigenvalue weighted by Gasteiger charge is -2.22. The van der Waals surface area contributed by atoms with Crippen LogP contribution >= 0.6 is 0 Å². The van der Waals surface area contributed by atoms with Crippen molar-refractivity contribution in [3.8, 4) is 0 Å². The molecule has 100 valence electrons. The van der Waals surface area contributed by atoms with E-state index in [-0.39, 0.29) is 5.91 Å². The quantitative estimate of drug-likeness (QED) is 0.625. The van der Waals surface area contributed by atoms with E-state index in [1.165, 1.54) is 6.92 Å². The van der Waals surface area contributed by atoms with Crippen molar-refractivity contribution in [2.24, 2.45) is 0 Å². The Bertz CT molecular complexity index is 380. The van der Waals surface area contributed by atoms with Crippen LogP contribution in [0.4, 0.5) is 11.6 Å². The van der Waals surface area contributed by atoms with E-state index >= 15 is 0 Å². The average Bonchev–Trinajstić information content (AvgIpc) is 2.34. The van der Waals surface area contributed by atoms with Crippen LogP contribution in [-0.4, -0.2) is 40.4 Å². The number of nitrogens with zero attached hydrogens (tertiary/aromatic N) is 3. The number of hydrogen-bond donors (Lipinski definition) is 3. The van der Waals surface area contributed by atoms with Crippen LogP contribution in [0.2, 0.25) is 0 Å². The number of amides is 1. The zero-order chi connectivity index (χ0) is 13.5. The maximum absolute atomic E-state index is 10.7. The minimum absolute atomic E-state index is 0.204. The highest BCUT2D eigenvalue weighted by atomic mass is 16.3. The number of likely N-dealkylation sites (N-methyl/N-ethyl adjacent to an activating group) is 1. The minimum Gasteiger partial charge on any atom is -0.392 e. The number of anilines is 2. The number of hydrazine groups is 1. The highest BCUT2D eigenvalue weighted by Gasteiger charge is 2.09. The molecule has 1 aromatic heterocycles. The summed E-state index contributed by atoms with van der Waals surface area (Å²) in [6, 6.07) is 3.49. The van der Waals surface area contributed by atoms with Crippen LogP contribution < -0.4 is 15.8 Å². The Morgan fingerprint density at radius 1 is 1.50 bits per heavy atom. The van der Waals surface area contributed by atoms with Gasteiger partial charge in [-0.2, -0.15) is 0 Å². The molecule has 0 spiro atoms. The number of aliphatic hydroxyl groups is 1. The first-order chi connectivity index (χ1) is 8.52. The largest absolute Gasteiger partial charge is 0.392 e. The summed E-state index contributed by atoms with van der Waals surface area (Å²) in [6.07, 6.45) is -0.427. The molecule has 1 atom stereocenters. The van der Waals surface area contributed by atoms with Gasteiger partial charge in [-0.15, -0.1) is 10.2 Å². The lowest BCUT2D eigenvalue weighted by molar-refractivity contribution is -0.118. The third kappa shape index (κ3) is 4.54. The van der Waals surface area contributed by atoms with Crippen LogP contribution in [0, 0.1) is 0 Å². The topological polar surface area (TPSA) is 90.4 Å². The van der Waals surface area contributed by atoms with Gasteiger partial charge < -0.3 is 10.0 Å². The molecular formula is C11H19N5O2. The van der Waals surface area contributed by atoms with Crippen LogP contribution in [0.1, 0.15) is 20.8 Å². The van der Waals surface area contributed by atoms with Gasteiger partial charge in [0.05, 0.1) is 6.10 Å². The predicted octanol–water partition coefficient (Wildman–Crippen LogP) is 0.147. The van der Waals surface area contributed by atoms with Gasteiger partial charge in [0.25, 0.3) is 0 Å². The number of aromatic nitrogens is 2. The summed E-state index contributed by atoms with van der Waals surface area (Å²) in [5.41, 5.74) is 5.04. The molecule has 1 unspecified atom stereocenters. The Morgan fingerprint density at radius 3 is 2.67 bits per heavy atom. The summed E-state index contributed by atoms with van der Waals surface area (Å²) < 4.78 is 0. The van der Waals surface area contributed by atoms with Gasteiger partial charge in [0.15, 0.2) is 11.6 Å². The Balaban J connectivity index is 2.65. The molecule has 0 aliphatic carbocycles. The molecule has 0 saturated carbocycles. The van der Waals surface area contributed by atoms with Gasteiger partial charge in [0.2, 0.25) is 5.91 Å². The molecule has 1 amide bonds. The molecule has 0 aliphatic heterocycles. The monoisotopic (exact) mass is 253 g/mol. The van der Waals surface area contributed by atoms with Gasteiger partial charge in [-0.3, -0.25) is 15.6 Å². The first kappa shape index (κ1) is 14.2. The van der Waals surface area contributed by atoms with Crippen molar-refractivity contribution in [1.82, 2.24) is 15.6 Å². The molecule has 7 heteroatoms. The number of rotatable bonds is 6. The lowest BCUT2D eigenvalue weighted by atomic mass is 10.3. The number of nitrogens with one attached hydrogen (secondary N) is 2. The molecule has 7 nitrogen and oxygen atoms in total. The van der Waals surface area contributed by atoms with Gasteiger partial charge in [-0.25, -0.2) is 0 Å². The average molecular weight is 253 g/mol. The van der Waals surface area contributed by atoms with Crippen molar-refractivity contribution in [3.05, 3.63) is 12.1 Å². The third-order valence-electron chi connectivity index (χ3n) is 2.21. The second kappa shape index (κ2) is 6.75. The van der Waals surface area contributed by atoms with E-state index in [1.807, 2.05) is 11.8 Å². The molecule has 18 heavy (non-hydrogen) atoms. The van der Waals surface area contributed by atoms with Crippen LogP contribution in [0.15, 0.2) is 12.1 Å². The van der Waals surface area contributed by atoms with Crippen LogP contribution in [0.5, 0.6) is 0 Å². The van der Waals surface area contributed by atoms with Crippen molar-refractivity contribution in [2.75, 3.05) is 23.4 Å². The second-order valence-electron chi connectivity index (χ2n) is 3.97. The van der Waals surface area contributed by atoms with Gasteiger partial charge in [0.1, 0.15) is 0 Å². The molecule has 0 bridgehead atoms. The van der Waals surface area contributed by atoms with Crippen molar-refractivity contribution in [3.63, 3.8) is 0 Å². The summed E-state index contributed by atoms with van der Waals surface area (Å²) >= 11 is 0. The van der Waals surface area contributed by atoms with Crippen LogP contribution in [0.25, 0.3) is 0 Å². The van der Waals surface area contributed by atoms with Crippen molar-refractivity contribution < 1.29 is 9.90 Å². The number of carbonyl (C=O) groups excluding carboxylic acids is 1. The fourth-order valence-electron chi connectivity index (χ4n) is 1.42. The van der Waals surface area contributed by atoms with E-state index in [1.54, 1.807) is 19.1 Å². The molecule has 0 aromatic carbocycles. The van der Waals surface area contributed by atoms with Gasteiger partial charge >= 0.3 is 0 Å². The molecule has 0 saturated heterocycles. The van der Waals surface area contributed by atoms with E-state index < -0.39 is 6.10 Å². The molecule has 3 N–H and O–H groups in total. The maximum atomic E-state index is 10.7. The Morgan fingerprint density at radius 2 is 2.22 bits per heavy atom. The maximum Gasteiger partial charge on any atom is 0.235 e. The van der Waals surface area contributed by atoms with E-state index in [0.717, 1.165) is 6.54 Å². The zero-order valence-corrected chi connectivity index (χ0v) is 10.8. The first-order valence-electron chi connectivity index (χ1n) is 5.82. The molecule has 0 radical (unpaired) electrons. The summed E-state index contributed by atoms with van der Waals surface area (Å²) in [5, 5.41) is 17.3. The van der Waals surface area contributed by atoms with Gasteiger partial charge in [-0.05, 0) is 26.0 Å². The van der Waals surface area contributed by atoms with Gasteiger partial charge in [0, 0.05) is 20.0 Å². The van der Waals surface area contributed by atoms with Crippen LogP contribution in [-0.2, 0) is 4.79 Å². The number of hydrogen-bond acceptors (Lipinski definition) is 6.